The first kappa shape index (κ1) is 19.2. The van der Waals surface area contributed by atoms with E-state index in [1.54, 1.807) is 30.9 Å². The van der Waals surface area contributed by atoms with Crippen molar-refractivity contribution in [3.63, 3.8) is 0 Å². The summed E-state index contributed by atoms with van der Waals surface area (Å²) in [6.45, 7) is 3.51. The van der Waals surface area contributed by atoms with Crippen LogP contribution in [0.15, 0.2) is 18.2 Å². The van der Waals surface area contributed by atoms with Crippen molar-refractivity contribution in [2.45, 2.75) is 20.0 Å². The molecule has 0 atom stereocenters. The van der Waals surface area contributed by atoms with Crippen molar-refractivity contribution in [3.05, 3.63) is 23.9 Å². The molecule has 2 heterocycles. The average Bonchev–Trinajstić information content (AvgIpc) is 2.60. The first-order chi connectivity index (χ1) is 12.3. The number of carbonyl (C=O) groups is 1. The highest BCUT2D eigenvalue weighted by atomic mass is 16.5. The molecule has 9 nitrogen and oxygen atoms in total. The Bertz CT molecular complexity index is 757. The van der Waals surface area contributed by atoms with Crippen LogP contribution in [0, 0.1) is 0 Å². The number of ether oxygens (including phenoxy) is 4. The van der Waals surface area contributed by atoms with Crippen LogP contribution in [0.4, 0.5) is 5.82 Å². The Balaban J connectivity index is 2.43. The van der Waals surface area contributed by atoms with Crippen LogP contribution in [0.1, 0.15) is 24.3 Å². The molecule has 0 aromatic carbocycles. The first-order valence-corrected chi connectivity index (χ1v) is 7.88. The van der Waals surface area contributed by atoms with Gasteiger partial charge in [0.25, 0.3) is 0 Å². The summed E-state index contributed by atoms with van der Waals surface area (Å²) in [6, 6.07) is 4.78. The van der Waals surface area contributed by atoms with Gasteiger partial charge in [-0.15, -0.1) is 0 Å². The highest BCUT2D eigenvalue weighted by molar-refractivity contribution is 5.91. The van der Waals surface area contributed by atoms with Gasteiger partial charge in [-0.2, -0.15) is 9.97 Å². The average molecular weight is 362 g/mol. The molecule has 26 heavy (non-hydrogen) atoms. The monoisotopic (exact) mass is 362 g/mol. The van der Waals surface area contributed by atoms with Crippen molar-refractivity contribution >= 4 is 11.8 Å². The van der Waals surface area contributed by atoms with Crippen LogP contribution in [0.3, 0.4) is 0 Å². The van der Waals surface area contributed by atoms with Crippen molar-refractivity contribution in [2.24, 2.45) is 0 Å². The molecular weight excluding hydrogens is 340 g/mol. The lowest BCUT2D eigenvalue weighted by Crippen LogP contribution is -2.17. The van der Waals surface area contributed by atoms with Crippen molar-refractivity contribution in [1.29, 1.82) is 0 Å². The van der Waals surface area contributed by atoms with Crippen molar-refractivity contribution in [2.75, 3.05) is 33.2 Å². The minimum atomic E-state index is -0.603. The number of nitrogens with zero attached hydrogens (tertiary/aromatic N) is 4. The molecule has 0 aliphatic heterocycles. The summed E-state index contributed by atoms with van der Waals surface area (Å²) in [5.41, 5.74) is 0.0234. The molecule has 0 bridgehead atoms. The number of anilines is 1. The van der Waals surface area contributed by atoms with Gasteiger partial charge in [-0.25, -0.2) is 9.78 Å². The second kappa shape index (κ2) is 8.32. The number of methoxy groups -OCH3 is 2. The fourth-order valence-electron chi connectivity index (χ4n) is 1.92. The van der Waals surface area contributed by atoms with Gasteiger partial charge in [0.1, 0.15) is 5.82 Å². The zero-order valence-electron chi connectivity index (χ0n) is 15.6. The van der Waals surface area contributed by atoms with E-state index in [2.05, 4.69) is 15.0 Å². The van der Waals surface area contributed by atoms with E-state index in [-0.39, 0.29) is 35.3 Å². The zero-order valence-corrected chi connectivity index (χ0v) is 15.6. The molecule has 0 fully saturated rings. The summed E-state index contributed by atoms with van der Waals surface area (Å²) in [7, 11) is 6.56. The van der Waals surface area contributed by atoms with Crippen LogP contribution in [-0.2, 0) is 4.74 Å². The van der Waals surface area contributed by atoms with E-state index in [1.165, 1.54) is 20.3 Å². The van der Waals surface area contributed by atoms with Gasteiger partial charge in [0, 0.05) is 14.1 Å². The van der Waals surface area contributed by atoms with Crippen molar-refractivity contribution < 1.29 is 23.7 Å². The van der Waals surface area contributed by atoms with Crippen LogP contribution in [-0.4, -0.2) is 55.3 Å². The second-order valence-corrected chi connectivity index (χ2v) is 5.70. The zero-order chi connectivity index (χ0) is 19.3. The Morgan fingerprint density at radius 2 is 1.65 bits per heavy atom. The Kier molecular flexibility index (Phi) is 6.16. The molecule has 0 aliphatic carbocycles. The van der Waals surface area contributed by atoms with Gasteiger partial charge in [-0.1, -0.05) is 0 Å². The number of rotatable bonds is 7. The molecule has 0 amide bonds. The lowest BCUT2D eigenvalue weighted by molar-refractivity contribution is 0.0368. The molecule has 2 rings (SSSR count). The Labute approximate surface area is 151 Å². The van der Waals surface area contributed by atoms with Crippen molar-refractivity contribution in [1.82, 2.24) is 15.0 Å². The fourth-order valence-corrected chi connectivity index (χ4v) is 1.92. The number of carbonyl (C=O) groups excluding carboxylic acids is 1. The van der Waals surface area contributed by atoms with Crippen LogP contribution >= 0.6 is 0 Å². The van der Waals surface area contributed by atoms with E-state index in [1.807, 2.05) is 14.1 Å². The lowest BCUT2D eigenvalue weighted by atomic mass is 10.3. The molecule has 9 heteroatoms. The van der Waals surface area contributed by atoms with E-state index in [9.17, 15) is 4.79 Å². The molecule has 0 saturated heterocycles. The van der Waals surface area contributed by atoms with Gasteiger partial charge in [-0.3, -0.25) is 0 Å². The quantitative estimate of drug-likeness (QED) is 0.687. The maximum Gasteiger partial charge on any atom is 0.361 e. The predicted octanol–water partition coefficient (Wildman–Crippen LogP) is 2.31. The van der Waals surface area contributed by atoms with E-state index in [0.717, 1.165) is 0 Å². The number of hydrogen-bond acceptors (Lipinski definition) is 9. The van der Waals surface area contributed by atoms with Gasteiger partial charge in [0.2, 0.25) is 11.8 Å². The Morgan fingerprint density at radius 3 is 2.15 bits per heavy atom. The van der Waals surface area contributed by atoms with Crippen LogP contribution in [0.5, 0.6) is 23.5 Å². The molecule has 2 aromatic rings. The van der Waals surface area contributed by atoms with Crippen LogP contribution < -0.4 is 19.1 Å². The summed E-state index contributed by atoms with van der Waals surface area (Å²) in [4.78, 5) is 26.7. The normalized spacial score (nSPS) is 10.4. The van der Waals surface area contributed by atoms with Gasteiger partial charge in [-0.05, 0) is 26.0 Å². The smallest absolute Gasteiger partial charge is 0.361 e. The molecule has 0 saturated carbocycles. The number of hydrogen-bond donors (Lipinski definition) is 0. The maximum absolute atomic E-state index is 12.4. The topological polar surface area (TPSA) is 95.9 Å². The Morgan fingerprint density at radius 1 is 1.04 bits per heavy atom. The molecule has 0 unspecified atom stereocenters. The van der Waals surface area contributed by atoms with Gasteiger partial charge in [0.05, 0.1) is 26.4 Å². The SMILES string of the molecule is COc1cc(OC)nc(Oc2ccc(N(C)C)nc2C(=O)OC(C)C)n1. The molecule has 2 aromatic heterocycles. The van der Waals surface area contributed by atoms with Gasteiger partial charge >= 0.3 is 12.0 Å². The summed E-state index contributed by atoms with van der Waals surface area (Å²) in [5, 5.41) is 0. The number of pyridine rings is 1. The minimum Gasteiger partial charge on any atom is -0.481 e. The van der Waals surface area contributed by atoms with Gasteiger partial charge < -0.3 is 23.8 Å². The van der Waals surface area contributed by atoms with E-state index >= 15 is 0 Å². The van der Waals surface area contributed by atoms with Crippen molar-refractivity contribution in [3.8, 4) is 23.5 Å². The highest BCUT2D eigenvalue weighted by Gasteiger charge is 2.21. The van der Waals surface area contributed by atoms with E-state index < -0.39 is 5.97 Å². The van der Waals surface area contributed by atoms with Gasteiger partial charge in [0.15, 0.2) is 11.4 Å². The number of esters is 1. The molecule has 0 N–H and O–H groups in total. The standard InChI is InChI=1S/C17H22N4O5/c1-10(2)25-16(22)15-11(7-8-12(18-15)21(3)4)26-17-19-13(23-5)9-14(20-17)24-6/h7-10H,1-6H3. The summed E-state index contributed by atoms with van der Waals surface area (Å²) < 4.78 is 21.1. The lowest BCUT2D eigenvalue weighted by Gasteiger charge is -2.16. The molecular formula is C17H22N4O5. The minimum absolute atomic E-state index is 0.0234. The largest absolute Gasteiger partial charge is 0.481 e. The third-order valence-corrected chi connectivity index (χ3v) is 3.12. The predicted molar refractivity (Wildman–Crippen MR) is 94.3 cm³/mol. The molecule has 0 aliphatic rings. The van der Waals surface area contributed by atoms with Crippen LogP contribution in [0.2, 0.25) is 0 Å². The second-order valence-electron chi connectivity index (χ2n) is 5.70. The van der Waals surface area contributed by atoms with Crippen LogP contribution in [0.25, 0.3) is 0 Å². The summed E-state index contributed by atoms with van der Waals surface area (Å²) >= 11 is 0. The maximum atomic E-state index is 12.4. The fraction of sp³-hybridized carbons (Fsp3) is 0.412. The molecule has 0 spiro atoms. The Hall–Kier alpha value is -3.10. The van der Waals surface area contributed by atoms with E-state index in [0.29, 0.717) is 5.82 Å². The molecule has 0 radical (unpaired) electrons. The highest BCUT2D eigenvalue weighted by Crippen LogP contribution is 2.28. The van der Waals surface area contributed by atoms with E-state index in [4.69, 9.17) is 18.9 Å². The summed E-state index contributed by atoms with van der Waals surface area (Å²) in [5.74, 6) is 0.661. The number of aromatic nitrogens is 3. The third kappa shape index (κ3) is 4.71. The third-order valence-electron chi connectivity index (χ3n) is 3.12. The first-order valence-electron chi connectivity index (χ1n) is 7.88. The molecule has 140 valence electrons. The summed E-state index contributed by atoms with van der Waals surface area (Å²) in [6.07, 6.45) is -0.298.